The Morgan fingerprint density at radius 2 is 2.36 bits per heavy atom. The van der Waals surface area contributed by atoms with Crippen molar-refractivity contribution in [1.29, 1.82) is 0 Å². The monoisotopic (exact) mass is 188 g/mol. The van der Waals surface area contributed by atoms with Gasteiger partial charge >= 0.3 is 0 Å². The average Bonchev–Trinajstić information content (AvgIpc) is 2.20. The van der Waals surface area contributed by atoms with E-state index in [1.807, 2.05) is 18.2 Å². The van der Waals surface area contributed by atoms with Gasteiger partial charge in [-0.3, -0.25) is 4.98 Å². The Morgan fingerprint density at radius 3 is 3.00 bits per heavy atom. The van der Waals surface area contributed by atoms with Gasteiger partial charge < -0.3 is 5.73 Å². The quantitative estimate of drug-likeness (QED) is 0.734. The average molecular weight is 188 g/mol. The summed E-state index contributed by atoms with van der Waals surface area (Å²) in [6, 6.07) is 5.86. The predicted octanol–water partition coefficient (Wildman–Crippen LogP) is 1.75. The van der Waals surface area contributed by atoms with Crippen LogP contribution in [-0.2, 0) is 6.42 Å². The molecule has 2 N–H and O–H groups in total. The van der Waals surface area contributed by atoms with E-state index >= 15 is 0 Å². The van der Waals surface area contributed by atoms with Crippen molar-refractivity contribution >= 4 is 0 Å². The molecular formula is C12H16N2. The Morgan fingerprint density at radius 1 is 1.50 bits per heavy atom. The minimum Gasteiger partial charge on any atom is -0.318 e. The standard InChI is InChI=1S/C12H16N2/c1-2-6-11(13)7-5-9-12-8-3-4-10-14-12/h3-4,8,10-11H,2,6,9,13H2,1H3. The van der Waals surface area contributed by atoms with Gasteiger partial charge in [-0.15, -0.1) is 0 Å². The zero-order valence-electron chi connectivity index (χ0n) is 8.53. The summed E-state index contributed by atoms with van der Waals surface area (Å²) in [7, 11) is 0. The molecule has 74 valence electrons. The second-order valence-corrected chi connectivity index (χ2v) is 3.21. The van der Waals surface area contributed by atoms with Gasteiger partial charge in [-0.1, -0.05) is 31.3 Å². The second kappa shape index (κ2) is 6.17. The van der Waals surface area contributed by atoms with E-state index in [1.54, 1.807) is 6.20 Å². The third kappa shape index (κ3) is 4.06. The molecule has 1 rings (SSSR count). The maximum absolute atomic E-state index is 5.75. The van der Waals surface area contributed by atoms with Gasteiger partial charge in [0.25, 0.3) is 0 Å². The lowest BCUT2D eigenvalue weighted by molar-refractivity contribution is 0.720. The summed E-state index contributed by atoms with van der Waals surface area (Å²) in [5, 5.41) is 0. The molecule has 0 aliphatic rings. The van der Waals surface area contributed by atoms with Crippen molar-refractivity contribution < 1.29 is 0 Å². The molecule has 0 bridgehead atoms. The van der Waals surface area contributed by atoms with Crippen LogP contribution in [0.3, 0.4) is 0 Å². The first-order valence-electron chi connectivity index (χ1n) is 4.96. The largest absolute Gasteiger partial charge is 0.318 e. The third-order valence-electron chi connectivity index (χ3n) is 1.88. The molecule has 2 nitrogen and oxygen atoms in total. The van der Waals surface area contributed by atoms with Crippen LogP contribution in [0.2, 0.25) is 0 Å². The van der Waals surface area contributed by atoms with Crippen LogP contribution in [-0.4, -0.2) is 11.0 Å². The fourth-order valence-corrected chi connectivity index (χ4v) is 1.16. The zero-order valence-corrected chi connectivity index (χ0v) is 8.53. The molecule has 1 atom stereocenters. The topological polar surface area (TPSA) is 38.9 Å². The second-order valence-electron chi connectivity index (χ2n) is 3.21. The summed E-state index contributed by atoms with van der Waals surface area (Å²) in [6.45, 7) is 2.11. The van der Waals surface area contributed by atoms with Crippen LogP contribution in [0.15, 0.2) is 24.4 Å². The Labute approximate surface area is 85.5 Å². The molecule has 1 unspecified atom stereocenters. The number of hydrogen-bond donors (Lipinski definition) is 1. The predicted molar refractivity (Wildman–Crippen MR) is 58.6 cm³/mol. The molecule has 1 heterocycles. The first kappa shape index (κ1) is 10.7. The fraction of sp³-hybridized carbons (Fsp3) is 0.417. The maximum Gasteiger partial charge on any atom is 0.0664 e. The number of hydrogen-bond acceptors (Lipinski definition) is 2. The van der Waals surface area contributed by atoms with E-state index in [4.69, 9.17) is 5.73 Å². The van der Waals surface area contributed by atoms with Crippen LogP contribution in [0, 0.1) is 11.8 Å². The number of aromatic nitrogens is 1. The highest BCUT2D eigenvalue weighted by Gasteiger charge is 1.93. The molecule has 2 heteroatoms. The van der Waals surface area contributed by atoms with Crippen molar-refractivity contribution in [3.63, 3.8) is 0 Å². The molecule has 0 saturated carbocycles. The first-order chi connectivity index (χ1) is 6.83. The van der Waals surface area contributed by atoms with Gasteiger partial charge in [0.2, 0.25) is 0 Å². The van der Waals surface area contributed by atoms with Gasteiger partial charge in [-0.2, -0.15) is 0 Å². The molecule has 1 aromatic rings. The van der Waals surface area contributed by atoms with E-state index in [0.717, 1.165) is 18.5 Å². The van der Waals surface area contributed by atoms with Crippen molar-refractivity contribution in [3.05, 3.63) is 30.1 Å². The summed E-state index contributed by atoms with van der Waals surface area (Å²) >= 11 is 0. The Bertz CT molecular complexity index is 308. The van der Waals surface area contributed by atoms with Crippen LogP contribution in [0.1, 0.15) is 25.5 Å². The molecule has 14 heavy (non-hydrogen) atoms. The van der Waals surface area contributed by atoms with Crippen molar-refractivity contribution in [2.75, 3.05) is 0 Å². The third-order valence-corrected chi connectivity index (χ3v) is 1.88. The molecule has 0 aliphatic heterocycles. The summed E-state index contributed by atoms with van der Waals surface area (Å²) in [5.74, 6) is 6.07. The van der Waals surface area contributed by atoms with Crippen LogP contribution in [0.5, 0.6) is 0 Å². The SMILES string of the molecule is CCCC(N)C#CCc1ccccn1. The van der Waals surface area contributed by atoms with Crippen LogP contribution >= 0.6 is 0 Å². The molecule has 0 radical (unpaired) electrons. The fourth-order valence-electron chi connectivity index (χ4n) is 1.16. The molecule has 0 saturated heterocycles. The number of nitrogens with two attached hydrogens (primary N) is 1. The molecular weight excluding hydrogens is 172 g/mol. The van der Waals surface area contributed by atoms with Gasteiger partial charge in [-0.25, -0.2) is 0 Å². The lowest BCUT2D eigenvalue weighted by Crippen LogP contribution is -2.16. The smallest absolute Gasteiger partial charge is 0.0664 e. The molecule has 0 aliphatic carbocycles. The number of nitrogens with zero attached hydrogens (tertiary/aromatic N) is 1. The lowest BCUT2D eigenvalue weighted by atomic mass is 10.2. The molecule has 0 fully saturated rings. The van der Waals surface area contributed by atoms with Gasteiger partial charge in [0, 0.05) is 6.20 Å². The molecule has 0 spiro atoms. The van der Waals surface area contributed by atoms with Crippen LogP contribution < -0.4 is 5.73 Å². The van der Waals surface area contributed by atoms with E-state index < -0.39 is 0 Å². The summed E-state index contributed by atoms with van der Waals surface area (Å²) < 4.78 is 0. The van der Waals surface area contributed by atoms with Crippen molar-refractivity contribution in [1.82, 2.24) is 4.98 Å². The van der Waals surface area contributed by atoms with Crippen LogP contribution in [0.25, 0.3) is 0 Å². The van der Waals surface area contributed by atoms with Gasteiger partial charge in [0.05, 0.1) is 18.2 Å². The highest BCUT2D eigenvalue weighted by atomic mass is 14.7. The van der Waals surface area contributed by atoms with Crippen molar-refractivity contribution in [2.24, 2.45) is 5.73 Å². The van der Waals surface area contributed by atoms with Crippen LogP contribution in [0.4, 0.5) is 0 Å². The van der Waals surface area contributed by atoms with E-state index in [-0.39, 0.29) is 6.04 Å². The van der Waals surface area contributed by atoms with E-state index in [1.165, 1.54) is 0 Å². The number of pyridine rings is 1. The lowest BCUT2D eigenvalue weighted by Gasteiger charge is -1.98. The zero-order chi connectivity index (χ0) is 10.2. The summed E-state index contributed by atoms with van der Waals surface area (Å²) in [6.07, 6.45) is 4.52. The van der Waals surface area contributed by atoms with Gasteiger partial charge in [-0.05, 0) is 18.6 Å². The Kier molecular flexibility index (Phi) is 4.74. The van der Waals surface area contributed by atoms with Gasteiger partial charge in [0.1, 0.15) is 0 Å². The van der Waals surface area contributed by atoms with Crippen molar-refractivity contribution in [2.45, 2.75) is 32.2 Å². The summed E-state index contributed by atoms with van der Waals surface area (Å²) in [4.78, 5) is 4.18. The molecule has 1 aromatic heterocycles. The first-order valence-corrected chi connectivity index (χ1v) is 4.96. The molecule has 0 amide bonds. The minimum atomic E-state index is 0.0173. The Hall–Kier alpha value is -1.33. The van der Waals surface area contributed by atoms with E-state index in [9.17, 15) is 0 Å². The summed E-state index contributed by atoms with van der Waals surface area (Å²) in [5.41, 5.74) is 6.76. The van der Waals surface area contributed by atoms with Gasteiger partial charge in [0.15, 0.2) is 0 Å². The highest BCUT2D eigenvalue weighted by molar-refractivity contribution is 5.15. The minimum absolute atomic E-state index is 0.0173. The van der Waals surface area contributed by atoms with E-state index in [0.29, 0.717) is 6.42 Å². The van der Waals surface area contributed by atoms with E-state index in [2.05, 4.69) is 23.7 Å². The highest BCUT2D eigenvalue weighted by Crippen LogP contribution is 1.94. The normalized spacial score (nSPS) is 11.6. The molecule has 0 aromatic carbocycles. The number of rotatable bonds is 3. The van der Waals surface area contributed by atoms with Crippen molar-refractivity contribution in [3.8, 4) is 11.8 Å². The Balaban J connectivity index is 2.40. The maximum atomic E-state index is 5.75.